The number of aromatic hydroxyl groups is 2. The molecule has 0 bridgehead atoms. The van der Waals surface area contributed by atoms with Gasteiger partial charge in [-0.3, -0.25) is 0 Å². The zero-order chi connectivity index (χ0) is 37.3. The van der Waals surface area contributed by atoms with Gasteiger partial charge in [0.1, 0.15) is 31.5 Å². The van der Waals surface area contributed by atoms with Crippen LogP contribution < -0.4 is 0 Å². The average Bonchev–Trinajstić information content (AvgIpc) is 3.50. The van der Waals surface area contributed by atoms with Gasteiger partial charge in [0.2, 0.25) is 0 Å². The number of nitriles is 1. The number of esters is 1. The highest BCUT2D eigenvalue weighted by molar-refractivity contribution is 9.13. The van der Waals surface area contributed by atoms with Crippen LogP contribution in [-0.2, 0) is 17.8 Å². The summed E-state index contributed by atoms with van der Waals surface area (Å²) in [6, 6.07) is 14.5. The number of carbonyl (C=O) groups is 2. The molecule has 0 aliphatic rings. The van der Waals surface area contributed by atoms with Crippen LogP contribution in [0.2, 0.25) is 0 Å². The van der Waals surface area contributed by atoms with E-state index in [4.69, 9.17) is 9.84 Å². The lowest BCUT2D eigenvalue weighted by atomic mass is 10.1. The molecule has 11 nitrogen and oxygen atoms in total. The van der Waals surface area contributed by atoms with Gasteiger partial charge in [-0.15, -0.1) is 0 Å². The molecule has 0 fully saturated rings. The van der Waals surface area contributed by atoms with Crippen molar-refractivity contribution < 1.29 is 38.4 Å². The number of nitrogens with zero attached hydrogens (tertiary/aromatic N) is 5. The predicted molar refractivity (Wildman–Crippen MR) is 200 cm³/mol. The molecule has 0 aliphatic heterocycles. The Kier molecular flexibility index (Phi) is 11.9. The fourth-order valence-electron chi connectivity index (χ4n) is 5.13. The summed E-state index contributed by atoms with van der Waals surface area (Å²) in [6.07, 6.45) is 0. The number of aromatic nitrogens is 4. The molecule has 18 heteroatoms. The normalized spacial score (nSPS) is 11.0. The van der Waals surface area contributed by atoms with Crippen LogP contribution in [-0.4, -0.2) is 53.0 Å². The fourth-order valence-corrected chi connectivity index (χ4v) is 7.90. The molecule has 0 aliphatic carbocycles. The summed E-state index contributed by atoms with van der Waals surface area (Å²) in [4.78, 5) is 31.2. The van der Waals surface area contributed by atoms with Gasteiger partial charge in [-0.1, -0.05) is 36.4 Å². The minimum absolute atomic E-state index is 0.0872. The topological polar surface area (TPSA) is 163 Å². The number of ether oxygens (including phenoxy) is 1. The minimum atomic E-state index is -1.35. The number of benzene rings is 2. The maximum atomic E-state index is 14.1. The summed E-state index contributed by atoms with van der Waals surface area (Å²) >= 11 is 16.7. The highest BCUT2D eigenvalue weighted by Gasteiger charge is 2.28. The van der Waals surface area contributed by atoms with Crippen LogP contribution in [0, 0.1) is 23.0 Å². The Labute approximate surface area is 329 Å². The SMILES string of the molecule is CCOC(=O)c1nc(C#N)c2c(c1O)c(Br)c(Br)n2Cc1ccccc1F.O=C(O)c1nc(Br)c2c(c1O)c(Br)c(Br)n2Cc1ccccc1F. The highest BCUT2D eigenvalue weighted by Crippen LogP contribution is 2.44. The lowest BCUT2D eigenvalue weighted by molar-refractivity contribution is 0.0515. The van der Waals surface area contributed by atoms with Crippen molar-refractivity contribution in [2.24, 2.45) is 0 Å². The van der Waals surface area contributed by atoms with E-state index >= 15 is 0 Å². The van der Waals surface area contributed by atoms with Crippen molar-refractivity contribution in [2.45, 2.75) is 20.0 Å². The Morgan fingerprint density at radius 1 is 0.804 bits per heavy atom. The number of carbonyl (C=O) groups excluding carboxylic acids is 1. The number of hydrogen-bond donors (Lipinski definition) is 3. The van der Waals surface area contributed by atoms with Crippen LogP contribution >= 0.6 is 79.6 Å². The highest BCUT2D eigenvalue weighted by atomic mass is 79.9. The Hall–Kier alpha value is -3.89. The van der Waals surface area contributed by atoms with Gasteiger partial charge in [0.05, 0.1) is 50.4 Å². The molecule has 0 saturated carbocycles. The molecular weight excluding hydrogens is 1000 g/mol. The third-order valence-electron chi connectivity index (χ3n) is 7.41. The molecule has 0 amide bonds. The standard InChI is InChI=1S/C18H12Br2FN3O3.C15H8Br3FN2O3/c1-2-27-18(26)14-16(25)12-13(19)17(20)24(15(12)11(7-22)23-14)8-9-5-3-4-6-10(9)21;16-9-8-11(13(17)20-10(12(8)22)15(23)24)21(14(9)18)5-6-3-1-2-4-7(6)19/h3-6,25H,2,8H2,1H3;1-4,22H,5H2,(H,23,24). The molecule has 6 rings (SSSR count). The monoisotopic (exact) mass is 1010 g/mol. The van der Waals surface area contributed by atoms with Crippen LogP contribution in [0.4, 0.5) is 8.78 Å². The van der Waals surface area contributed by atoms with E-state index in [0.29, 0.717) is 34.8 Å². The van der Waals surface area contributed by atoms with E-state index in [1.807, 2.05) is 6.07 Å². The number of rotatable bonds is 7. The first-order valence-electron chi connectivity index (χ1n) is 14.4. The second-order valence-electron chi connectivity index (χ2n) is 10.4. The van der Waals surface area contributed by atoms with Gasteiger partial charge in [-0.2, -0.15) is 5.26 Å². The number of hydrogen-bond acceptors (Lipinski definition) is 8. The first-order chi connectivity index (χ1) is 24.2. The van der Waals surface area contributed by atoms with Gasteiger partial charge in [0.25, 0.3) is 0 Å². The predicted octanol–water partition coefficient (Wildman–Crippen LogP) is 9.42. The summed E-state index contributed by atoms with van der Waals surface area (Å²) in [6.45, 7) is 1.97. The lowest BCUT2D eigenvalue weighted by Crippen LogP contribution is -2.10. The number of aromatic carboxylic acids is 1. The van der Waals surface area contributed by atoms with E-state index in [2.05, 4.69) is 89.6 Å². The van der Waals surface area contributed by atoms with Gasteiger partial charge >= 0.3 is 11.9 Å². The van der Waals surface area contributed by atoms with E-state index in [1.165, 1.54) is 12.1 Å². The van der Waals surface area contributed by atoms with Crippen LogP contribution in [0.1, 0.15) is 44.7 Å². The molecule has 0 saturated heterocycles. The molecule has 4 aromatic heterocycles. The van der Waals surface area contributed by atoms with Crippen LogP contribution in [0.5, 0.6) is 11.5 Å². The minimum Gasteiger partial charge on any atom is -0.505 e. The van der Waals surface area contributed by atoms with Gasteiger partial charge in [-0.25, -0.2) is 28.3 Å². The fraction of sp³-hybridized carbons (Fsp3) is 0.121. The molecule has 262 valence electrons. The second-order valence-corrected chi connectivity index (χ2v) is 14.2. The lowest BCUT2D eigenvalue weighted by Gasteiger charge is -2.10. The Balaban J connectivity index is 0.000000199. The van der Waals surface area contributed by atoms with E-state index < -0.39 is 34.9 Å². The summed E-state index contributed by atoms with van der Waals surface area (Å²) < 4.78 is 38.3. The Morgan fingerprint density at radius 2 is 1.27 bits per heavy atom. The molecule has 0 spiro atoms. The summed E-state index contributed by atoms with van der Waals surface area (Å²) in [7, 11) is 0. The maximum Gasteiger partial charge on any atom is 0.360 e. The largest absolute Gasteiger partial charge is 0.505 e. The summed E-state index contributed by atoms with van der Waals surface area (Å²) in [5, 5.41) is 40.1. The number of halogens is 7. The second kappa shape index (κ2) is 15.8. The first-order valence-corrected chi connectivity index (χ1v) is 18.3. The van der Waals surface area contributed by atoms with Crippen LogP contribution in [0.3, 0.4) is 0 Å². The molecule has 0 atom stereocenters. The molecular formula is C33H20Br5F2N5O6. The van der Waals surface area contributed by atoms with Gasteiger partial charge in [0.15, 0.2) is 28.6 Å². The molecule has 0 unspecified atom stereocenters. The van der Waals surface area contributed by atoms with Crippen molar-refractivity contribution in [1.82, 2.24) is 19.1 Å². The number of carboxylic acids is 1. The first kappa shape index (κ1) is 38.3. The Bertz CT molecular complexity index is 2430. The van der Waals surface area contributed by atoms with E-state index in [1.54, 1.807) is 52.5 Å². The molecule has 4 heterocycles. The van der Waals surface area contributed by atoms with Crippen molar-refractivity contribution in [3.05, 3.63) is 111 Å². The maximum absolute atomic E-state index is 14.1. The van der Waals surface area contributed by atoms with Gasteiger partial charge < -0.3 is 29.2 Å². The van der Waals surface area contributed by atoms with Crippen LogP contribution in [0.15, 0.2) is 71.3 Å². The Morgan fingerprint density at radius 3 is 1.75 bits per heavy atom. The molecule has 51 heavy (non-hydrogen) atoms. The van der Waals surface area contributed by atoms with E-state index in [-0.39, 0.29) is 57.8 Å². The van der Waals surface area contributed by atoms with Gasteiger partial charge in [-0.05, 0) is 98.7 Å². The third-order valence-corrected chi connectivity index (χ3v) is 12.2. The molecule has 2 aromatic carbocycles. The molecule has 3 N–H and O–H groups in total. The summed E-state index contributed by atoms with van der Waals surface area (Å²) in [5.41, 5.74) is 0.637. The van der Waals surface area contributed by atoms with Gasteiger partial charge in [0, 0.05) is 11.1 Å². The molecule has 6 aromatic rings. The van der Waals surface area contributed by atoms with Crippen molar-refractivity contribution in [3.63, 3.8) is 0 Å². The van der Waals surface area contributed by atoms with E-state index in [0.717, 1.165) is 0 Å². The zero-order valence-electron chi connectivity index (χ0n) is 25.7. The zero-order valence-corrected chi connectivity index (χ0v) is 33.6. The molecule has 0 radical (unpaired) electrons. The quantitative estimate of drug-likeness (QED) is 0.104. The number of fused-ring (bicyclic) bond motifs is 2. The van der Waals surface area contributed by atoms with Crippen molar-refractivity contribution in [3.8, 4) is 17.6 Å². The van der Waals surface area contributed by atoms with Crippen LogP contribution in [0.25, 0.3) is 21.8 Å². The van der Waals surface area contributed by atoms with Crippen molar-refractivity contribution in [2.75, 3.05) is 6.61 Å². The number of carboxylic acid groups (broad SMARTS) is 1. The smallest absolute Gasteiger partial charge is 0.360 e. The van der Waals surface area contributed by atoms with Crippen molar-refractivity contribution >= 4 is 113 Å². The number of pyridine rings is 2. The average molecular weight is 1020 g/mol. The summed E-state index contributed by atoms with van der Waals surface area (Å²) in [5.74, 6) is -3.82. The van der Waals surface area contributed by atoms with Crippen molar-refractivity contribution in [1.29, 1.82) is 5.26 Å². The third kappa shape index (κ3) is 7.27. The van der Waals surface area contributed by atoms with E-state index in [9.17, 15) is 33.8 Å².